The van der Waals surface area contributed by atoms with Gasteiger partial charge in [0.25, 0.3) is 0 Å². The van der Waals surface area contributed by atoms with Crippen molar-refractivity contribution in [1.82, 2.24) is 5.32 Å². The van der Waals surface area contributed by atoms with Gasteiger partial charge in [-0.15, -0.1) is 0 Å². The fourth-order valence-corrected chi connectivity index (χ4v) is 2.77. The van der Waals surface area contributed by atoms with E-state index in [2.05, 4.69) is 5.32 Å². The third kappa shape index (κ3) is 3.98. The molecule has 1 aromatic carbocycles. The summed E-state index contributed by atoms with van der Waals surface area (Å²) in [4.78, 5) is 11.8. The Labute approximate surface area is 128 Å². The van der Waals surface area contributed by atoms with Crippen LogP contribution in [0, 0.1) is 5.92 Å². The number of rotatable bonds is 4. The summed E-state index contributed by atoms with van der Waals surface area (Å²) in [6.07, 6.45) is 6.12. The molecule has 1 saturated carbocycles. The summed E-state index contributed by atoms with van der Waals surface area (Å²) in [5.74, 6) is 0.0266. The van der Waals surface area contributed by atoms with Gasteiger partial charge in [0.1, 0.15) is 0 Å². The van der Waals surface area contributed by atoms with Crippen LogP contribution in [0.4, 0.5) is 0 Å². The number of aliphatic hydroxyl groups excluding tert-OH is 1. The molecule has 1 aromatic rings. The molecular weight excluding hydrogens is 297 g/mol. The van der Waals surface area contributed by atoms with Gasteiger partial charge in [0.15, 0.2) is 0 Å². The molecule has 0 radical (unpaired) electrons. The van der Waals surface area contributed by atoms with Crippen LogP contribution in [0.25, 0.3) is 6.08 Å². The molecule has 1 amide bonds. The molecule has 0 bridgehead atoms. The number of aliphatic hydroxyl groups is 1. The average Bonchev–Trinajstić information content (AvgIpc) is 2.87. The average molecular weight is 314 g/mol. The standard InChI is InChI=1S/C15H17Cl2NO2/c16-12-6-4-10(8-13(12)17)5-7-15(20)18-14-3-1-2-11(14)9-19/h4-8,11,14,19H,1-3,9H2,(H,18,20)/b7-5+. The van der Waals surface area contributed by atoms with Crippen LogP contribution in [0.2, 0.25) is 10.0 Å². The lowest BCUT2D eigenvalue weighted by atomic mass is 10.1. The number of halogens is 2. The van der Waals surface area contributed by atoms with Crippen LogP contribution in [-0.4, -0.2) is 23.7 Å². The molecule has 1 aliphatic carbocycles. The van der Waals surface area contributed by atoms with Gasteiger partial charge in [0, 0.05) is 24.6 Å². The van der Waals surface area contributed by atoms with Crippen molar-refractivity contribution in [2.75, 3.05) is 6.61 Å². The zero-order chi connectivity index (χ0) is 14.5. The lowest BCUT2D eigenvalue weighted by Crippen LogP contribution is -2.37. The molecule has 5 heteroatoms. The van der Waals surface area contributed by atoms with Crippen LogP contribution in [0.1, 0.15) is 24.8 Å². The molecule has 1 aliphatic rings. The van der Waals surface area contributed by atoms with Gasteiger partial charge >= 0.3 is 0 Å². The van der Waals surface area contributed by atoms with E-state index in [0.717, 1.165) is 24.8 Å². The molecule has 2 N–H and O–H groups in total. The molecule has 2 rings (SSSR count). The van der Waals surface area contributed by atoms with Crippen molar-refractivity contribution in [3.63, 3.8) is 0 Å². The molecule has 2 unspecified atom stereocenters. The Bertz CT molecular complexity index is 517. The normalized spacial score (nSPS) is 22.4. The van der Waals surface area contributed by atoms with Gasteiger partial charge in [-0.2, -0.15) is 0 Å². The number of carbonyl (C=O) groups excluding carboxylic acids is 1. The van der Waals surface area contributed by atoms with Crippen molar-refractivity contribution in [3.05, 3.63) is 39.9 Å². The summed E-state index contributed by atoms with van der Waals surface area (Å²) in [6, 6.07) is 5.27. The smallest absolute Gasteiger partial charge is 0.244 e. The molecule has 1 fully saturated rings. The molecule has 108 valence electrons. The van der Waals surface area contributed by atoms with E-state index in [9.17, 15) is 9.90 Å². The van der Waals surface area contributed by atoms with Gasteiger partial charge in [-0.05, 0) is 36.6 Å². The molecule has 0 saturated heterocycles. The zero-order valence-corrected chi connectivity index (χ0v) is 12.5. The maximum Gasteiger partial charge on any atom is 0.244 e. The predicted octanol–water partition coefficient (Wildman–Crippen LogP) is 3.28. The SMILES string of the molecule is O=C(/C=C/c1ccc(Cl)c(Cl)c1)NC1CCCC1CO. The molecule has 0 aromatic heterocycles. The summed E-state index contributed by atoms with van der Waals surface area (Å²) in [6.45, 7) is 0.126. The summed E-state index contributed by atoms with van der Waals surface area (Å²) >= 11 is 11.7. The van der Waals surface area contributed by atoms with Gasteiger partial charge in [-0.25, -0.2) is 0 Å². The Balaban J connectivity index is 1.93. The monoisotopic (exact) mass is 313 g/mol. The maximum atomic E-state index is 11.8. The number of benzene rings is 1. The molecular formula is C15H17Cl2NO2. The fourth-order valence-electron chi connectivity index (χ4n) is 2.46. The van der Waals surface area contributed by atoms with Gasteiger partial charge in [-0.3, -0.25) is 4.79 Å². The molecule has 0 aliphatic heterocycles. The van der Waals surface area contributed by atoms with E-state index >= 15 is 0 Å². The van der Waals surface area contributed by atoms with Crippen LogP contribution < -0.4 is 5.32 Å². The van der Waals surface area contributed by atoms with Crippen LogP contribution in [0.5, 0.6) is 0 Å². The van der Waals surface area contributed by atoms with Crippen LogP contribution in [0.3, 0.4) is 0 Å². The number of hydrogen-bond donors (Lipinski definition) is 2. The first-order chi connectivity index (χ1) is 9.60. The Morgan fingerprint density at radius 3 is 2.85 bits per heavy atom. The molecule has 0 heterocycles. The third-order valence-electron chi connectivity index (χ3n) is 3.59. The highest BCUT2D eigenvalue weighted by Gasteiger charge is 2.27. The highest BCUT2D eigenvalue weighted by molar-refractivity contribution is 6.42. The first kappa shape index (κ1) is 15.4. The summed E-state index contributed by atoms with van der Waals surface area (Å²) in [5.41, 5.74) is 0.819. The third-order valence-corrected chi connectivity index (χ3v) is 4.33. The van der Waals surface area contributed by atoms with E-state index in [1.54, 1.807) is 24.3 Å². The van der Waals surface area contributed by atoms with E-state index in [1.165, 1.54) is 6.08 Å². The topological polar surface area (TPSA) is 49.3 Å². The van der Waals surface area contributed by atoms with Gasteiger partial charge in [-0.1, -0.05) is 35.7 Å². The second kappa shape index (κ2) is 7.11. The molecule has 20 heavy (non-hydrogen) atoms. The van der Waals surface area contributed by atoms with E-state index < -0.39 is 0 Å². The number of carbonyl (C=O) groups is 1. The van der Waals surface area contributed by atoms with Gasteiger partial charge in [0.2, 0.25) is 5.91 Å². The first-order valence-corrected chi connectivity index (χ1v) is 7.40. The second-order valence-electron chi connectivity index (χ2n) is 5.00. The Hall–Kier alpha value is -1.03. The quantitative estimate of drug-likeness (QED) is 0.838. The van der Waals surface area contributed by atoms with Gasteiger partial charge < -0.3 is 10.4 Å². The number of hydrogen-bond acceptors (Lipinski definition) is 2. The zero-order valence-electron chi connectivity index (χ0n) is 11.0. The van der Waals surface area contributed by atoms with E-state index in [-0.39, 0.29) is 24.5 Å². The maximum absolute atomic E-state index is 11.8. The van der Waals surface area contributed by atoms with Crippen LogP contribution in [-0.2, 0) is 4.79 Å². The van der Waals surface area contributed by atoms with Gasteiger partial charge in [0.05, 0.1) is 10.0 Å². The minimum atomic E-state index is -0.151. The van der Waals surface area contributed by atoms with Crippen molar-refractivity contribution in [2.45, 2.75) is 25.3 Å². The van der Waals surface area contributed by atoms with Crippen molar-refractivity contribution in [1.29, 1.82) is 0 Å². The van der Waals surface area contributed by atoms with Crippen LogP contribution in [0.15, 0.2) is 24.3 Å². The van der Waals surface area contributed by atoms with Crippen molar-refractivity contribution in [3.8, 4) is 0 Å². The largest absolute Gasteiger partial charge is 0.396 e. The lowest BCUT2D eigenvalue weighted by Gasteiger charge is -2.17. The van der Waals surface area contributed by atoms with E-state index in [4.69, 9.17) is 23.2 Å². The Morgan fingerprint density at radius 1 is 1.35 bits per heavy atom. The minimum absolute atomic E-state index is 0.0750. The number of amides is 1. The summed E-state index contributed by atoms with van der Waals surface area (Å²) < 4.78 is 0. The highest BCUT2D eigenvalue weighted by Crippen LogP contribution is 2.25. The molecule has 2 atom stereocenters. The van der Waals surface area contributed by atoms with Crippen LogP contribution >= 0.6 is 23.2 Å². The molecule has 3 nitrogen and oxygen atoms in total. The summed E-state index contributed by atoms with van der Waals surface area (Å²) in [5, 5.41) is 13.1. The van der Waals surface area contributed by atoms with E-state index in [0.29, 0.717) is 10.0 Å². The fraction of sp³-hybridized carbons (Fsp3) is 0.400. The minimum Gasteiger partial charge on any atom is -0.396 e. The van der Waals surface area contributed by atoms with Crippen molar-refractivity contribution >= 4 is 35.2 Å². The van der Waals surface area contributed by atoms with Crippen molar-refractivity contribution in [2.24, 2.45) is 5.92 Å². The second-order valence-corrected chi connectivity index (χ2v) is 5.81. The Kier molecular flexibility index (Phi) is 5.46. The van der Waals surface area contributed by atoms with E-state index in [1.807, 2.05) is 0 Å². The predicted molar refractivity (Wildman–Crippen MR) is 81.9 cm³/mol. The number of nitrogens with one attached hydrogen (secondary N) is 1. The lowest BCUT2D eigenvalue weighted by molar-refractivity contribution is -0.117. The molecule has 0 spiro atoms. The highest BCUT2D eigenvalue weighted by atomic mass is 35.5. The first-order valence-electron chi connectivity index (χ1n) is 6.64. The Morgan fingerprint density at radius 2 is 2.15 bits per heavy atom. The van der Waals surface area contributed by atoms with Crippen molar-refractivity contribution < 1.29 is 9.90 Å². The summed E-state index contributed by atoms with van der Waals surface area (Å²) in [7, 11) is 0.